The van der Waals surface area contributed by atoms with Gasteiger partial charge in [0.05, 0.1) is 23.5 Å². The van der Waals surface area contributed by atoms with Crippen LogP contribution in [0.1, 0.15) is 19.8 Å². The molecule has 114 valence electrons. The van der Waals surface area contributed by atoms with Gasteiger partial charge in [-0.1, -0.05) is 11.6 Å². The molecule has 0 bridgehead atoms. The van der Waals surface area contributed by atoms with Crippen molar-refractivity contribution in [3.05, 3.63) is 23.2 Å². The molecule has 2 atom stereocenters. The first-order chi connectivity index (χ1) is 9.90. The smallest absolute Gasteiger partial charge is 0.241 e. The van der Waals surface area contributed by atoms with Gasteiger partial charge in [0.1, 0.15) is 0 Å². The molecule has 0 spiro atoms. The van der Waals surface area contributed by atoms with Crippen molar-refractivity contribution in [2.24, 2.45) is 5.73 Å². The number of hydrogen-bond donors (Lipinski definition) is 3. The Hall–Kier alpha value is -1.79. The number of hydrogen-bond acceptors (Lipinski definition) is 4. The minimum Gasteiger partial charge on any atom is -0.397 e. The average molecular weight is 311 g/mol. The fourth-order valence-electron chi connectivity index (χ4n) is 2.59. The minimum atomic E-state index is -0.458. The zero-order valence-electron chi connectivity index (χ0n) is 11.8. The van der Waals surface area contributed by atoms with Crippen molar-refractivity contribution in [2.45, 2.75) is 31.8 Å². The van der Waals surface area contributed by atoms with Crippen molar-refractivity contribution in [2.75, 3.05) is 17.6 Å². The first kappa shape index (κ1) is 15.6. The van der Waals surface area contributed by atoms with Crippen LogP contribution in [0.15, 0.2) is 18.2 Å². The van der Waals surface area contributed by atoms with Crippen LogP contribution < -0.4 is 16.8 Å². The molecule has 0 radical (unpaired) electrons. The summed E-state index contributed by atoms with van der Waals surface area (Å²) in [7, 11) is 0. The summed E-state index contributed by atoms with van der Waals surface area (Å²) in [5, 5.41) is 3.26. The molecule has 0 aliphatic carbocycles. The Morgan fingerprint density at radius 3 is 2.81 bits per heavy atom. The van der Waals surface area contributed by atoms with Crippen molar-refractivity contribution in [1.29, 1.82) is 0 Å². The number of nitrogen functional groups attached to an aromatic ring is 1. The number of nitrogens with two attached hydrogens (primary N) is 2. The minimum absolute atomic E-state index is 0.225. The number of nitrogens with zero attached hydrogens (tertiary/aromatic N) is 1. The molecule has 2 amide bonds. The number of nitrogens with one attached hydrogen (secondary N) is 1. The van der Waals surface area contributed by atoms with Crippen molar-refractivity contribution in [1.82, 2.24) is 4.90 Å². The van der Waals surface area contributed by atoms with Crippen LogP contribution in [0, 0.1) is 0 Å². The molecular weight excluding hydrogens is 292 g/mol. The largest absolute Gasteiger partial charge is 0.397 e. The van der Waals surface area contributed by atoms with Crippen LogP contribution in [0.4, 0.5) is 11.4 Å². The van der Waals surface area contributed by atoms with Crippen molar-refractivity contribution in [3.8, 4) is 0 Å². The first-order valence-electron chi connectivity index (χ1n) is 6.81. The zero-order valence-corrected chi connectivity index (χ0v) is 12.6. The van der Waals surface area contributed by atoms with Gasteiger partial charge in [0.25, 0.3) is 0 Å². The molecule has 2 rings (SSSR count). The molecule has 1 saturated heterocycles. The maximum atomic E-state index is 12.3. The maximum Gasteiger partial charge on any atom is 0.241 e. The third-order valence-corrected chi connectivity index (χ3v) is 4.01. The summed E-state index contributed by atoms with van der Waals surface area (Å²) in [6.45, 7) is 2.43. The molecular formula is C14H19ClN4O2. The van der Waals surface area contributed by atoms with Gasteiger partial charge in [0.15, 0.2) is 0 Å². The Labute approximate surface area is 128 Å². The van der Waals surface area contributed by atoms with E-state index in [0.717, 1.165) is 6.42 Å². The Balaban J connectivity index is 2.07. The van der Waals surface area contributed by atoms with Crippen LogP contribution in [-0.4, -0.2) is 35.3 Å². The lowest BCUT2D eigenvalue weighted by molar-refractivity contribution is -0.126. The number of carbonyl (C=O) groups is 2. The lowest BCUT2D eigenvalue weighted by Crippen LogP contribution is -2.49. The number of anilines is 2. The SMILES string of the molecule is CC(C(=O)Nc1ccc(Cl)cc1N)N1CCCC1C(N)=O. The predicted molar refractivity (Wildman–Crippen MR) is 82.9 cm³/mol. The molecule has 1 aromatic carbocycles. The quantitative estimate of drug-likeness (QED) is 0.727. The van der Waals surface area contributed by atoms with Gasteiger partial charge in [-0.25, -0.2) is 0 Å². The number of primary amides is 1. The van der Waals surface area contributed by atoms with E-state index in [2.05, 4.69) is 5.32 Å². The van der Waals surface area contributed by atoms with Gasteiger partial charge in [0, 0.05) is 5.02 Å². The summed E-state index contributed by atoms with van der Waals surface area (Å²) < 4.78 is 0. The summed E-state index contributed by atoms with van der Waals surface area (Å²) in [6, 6.07) is 4.04. The number of amides is 2. The van der Waals surface area contributed by atoms with Crippen molar-refractivity contribution in [3.63, 3.8) is 0 Å². The molecule has 5 N–H and O–H groups in total. The molecule has 1 aliphatic rings. The number of carbonyl (C=O) groups excluding carboxylic acids is 2. The normalized spacial score (nSPS) is 20.2. The topological polar surface area (TPSA) is 101 Å². The van der Waals surface area contributed by atoms with E-state index in [1.54, 1.807) is 25.1 Å². The highest BCUT2D eigenvalue weighted by molar-refractivity contribution is 6.31. The Kier molecular flexibility index (Phi) is 4.69. The standard InChI is InChI=1S/C14H19ClN4O2/c1-8(19-6-2-3-12(19)13(17)20)14(21)18-11-5-4-9(15)7-10(11)16/h4-5,7-8,12H,2-3,6,16H2,1H3,(H2,17,20)(H,18,21). The van der Waals surface area contributed by atoms with Gasteiger partial charge in [-0.3, -0.25) is 14.5 Å². The van der Waals surface area contributed by atoms with Crippen LogP contribution in [0.25, 0.3) is 0 Å². The summed E-state index contributed by atoms with van der Waals surface area (Å²) in [4.78, 5) is 25.5. The van der Waals surface area contributed by atoms with E-state index in [4.69, 9.17) is 23.1 Å². The zero-order chi connectivity index (χ0) is 15.6. The molecule has 21 heavy (non-hydrogen) atoms. The van der Waals surface area contributed by atoms with Crippen LogP contribution in [0.3, 0.4) is 0 Å². The van der Waals surface area contributed by atoms with Gasteiger partial charge in [-0.2, -0.15) is 0 Å². The molecule has 0 aromatic heterocycles. The van der Waals surface area contributed by atoms with E-state index in [-0.39, 0.29) is 11.9 Å². The van der Waals surface area contributed by atoms with Gasteiger partial charge in [-0.05, 0) is 44.5 Å². The van der Waals surface area contributed by atoms with Crippen LogP contribution in [0.2, 0.25) is 5.02 Å². The van der Waals surface area contributed by atoms with E-state index in [9.17, 15) is 9.59 Å². The summed E-state index contributed by atoms with van der Waals surface area (Å²) >= 11 is 5.82. The van der Waals surface area contributed by atoms with E-state index in [1.165, 1.54) is 0 Å². The number of halogens is 1. The second-order valence-corrected chi connectivity index (χ2v) is 5.63. The van der Waals surface area contributed by atoms with Gasteiger partial charge >= 0.3 is 0 Å². The monoisotopic (exact) mass is 310 g/mol. The van der Waals surface area contributed by atoms with Crippen molar-refractivity contribution >= 4 is 34.8 Å². The highest BCUT2D eigenvalue weighted by atomic mass is 35.5. The first-order valence-corrected chi connectivity index (χ1v) is 7.19. The third kappa shape index (κ3) is 3.46. The fourth-order valence-corrected chi connectivity index (χ4v) is 2.77. The van der Waals surface area contributed by atoms with Gasteiger partial charge in [-0.15, -0.1) is 0 Å². The molecule has 1 aliphatic heterocycles. The third-order valence-electron chi connectivity index (χ3n) is 3.77. The lowest BCUT2D eigenvalue weighted by atomic mass is 10.1. The molecule has 1 fully saturated rings. The molecule has 6 nitrogen and oxygen atoms in total. The van der Waals surface area contributed by atoms with Gasteiger partial charge < -0.3 is 16.8 Å². The molecule has 1 aromatic rings. The molecule has 7 heteroatoms. The Bertz CT molecular complexity index is 564. The van der Waals surface area contributed by atoms with Gasteiger partial charge in [0.2, 0.25) is 11.8 Å². The van der Waals surface area contributed by atoms with E-state index in [0.29, 0.717) is 29.4 Å². The van der Waals surface area contributed by atoms with E-state index in [1.807, 2.05) is 4.90 Å². The van der Waals surface area contributed by atoms with E-state index >= 15 is 0 Å². The number of likely N-dealkylation sites (tertiary alicyclic amines) is 1. The Morgan fingerprint density at radius 2 is 2.19 bits per heavy atom. The molecule has 0 saturated carbocycles. The average Bonchev–Trinajstić information content (AvgIpc) is 2.90. The summed E-state index contributed by atoms with van der Waals surface area (Å²) in [5.41, 5.74) is 12.1. The van der Waals surface area contributed by atoms with Crippen LogP contribution in [0.5, 0.6) is 0 Å². The maximum absolute atomic E-state index is 12.3. The van der Waals surface area contributed by atoms with Crippen LogP contribution in [-0.2, 0) is 9.59 Å². The summed E-state index contributed by atoms with van der Waals surface area (Å²) in [5.74, 6) is -0.615. The molecule has 1 heterocycles. The number of rotatable bonds is 4. The predicted octanol–water partition coefficient (Wildman–Crippen LogP) is 1.20. The second kappa shape index (κ2) is 6.32. The summed E-state index contributed by atoms with van der Waals surface area (Å²) in [6.07, 6.45) is 1.55. The Morgan fingerprint density at radius 1 is 1.48 bits per heavy atom. The highest BCUT2D eigenvalue weighted by Gasteiger charge is 2.35. The fraction of sp³-hybridized carbons (Fsp3) is 0.429. The van der Waals surface area contributed by atoms with E-state index < -0.39 is 11.9 Å². The van der Waals surface area contributed by atoms with Crippen molar-refractivity contribution < 1.29 is 9.59 Å². The number of benzene rings is 1. The highest BCUT2D eigenvalue weighted by Crippen LogP contribution is 2.24. The van der Waals surface area contributed by atoms with Crippen LogP contribution >= 0.6 is 11.6 Å². The lowest BCUT2D eigenvalue weighted by Gasteiger charge is -2.28. The molecule has 2 unspecified atom stereocenters. The second-order valence-electron chi connectivity index (χ2n) is 5.20.